The lowest BCUT2D eigenvalue weighted by Gasteiger charge is -2.21. The van der Waals surface area contributed by atoms with Crippen LogP contribution in [0.4, 0.5) is 11.4 Å². The highest BCUT2D eigenvalue weighted by atomic mass is 79.9. The fraction of sp³-hybridized carbons (Fsp3) is 0.174. The summed E-state index contributed by atoms with van der Waals surface area (Å²) in [5.41, 5.74) is 2.58. The smallest absolute Gasteiger partial charge is 0.261 e. The van der Waals surface area contributed by atoms with Gasteiger partial charge in [0, 0.05) is 21.4 Å². The fourth-order valence-electron chi connectivity index (χ4n) is 2.91. The maximum absolute atomic E-state index is 12.6. The number of anilines is 2. The lowest BCUT2D eigenvalue weighted by molar-refractivity contribution is 0.102. The molecule has 0 heterocycles. The number of amides is 1. The maximum atomic E-state index is 12.6. The Morgan fingerprint density at radius 1 is 0.867 bits per heavy atom. The predicted octanol–water partition coefficient (Wildman–Crippen LogP) is 5.80. The Bertz CT molecular complexity index is 1150. The highest BCUT2D eigenvalue weighted by Crippen LogP contribution is 2.30. The molecule has 3 aromatic rings. The summed E-state index contributed by atoms with van der Waals surface area (Å²) in [7, 11) is -3.70. The Hall–Kier alpha value is -2.64. The molecule has 0 spiro atoms. The van der Waals surface area contributed by atoms with Crippen molar-refractivity contribution in [3.8, 4) is 0 Å². The summed E-state index contributed by atoms with van der Waals surface area (Å²) < 4.78 is 28.4. The van der Waals surface area contributed by atoms with E-state index in [4.69, 9.17) is 0 Å². The molecule has 0 aliphatic rings. The molecule has 0 fully saturated rings. The minimum Gasteiger partial charge on any atom is -0.322 e. The van der Waals surface area contributed by atoms with Crippen molar-refractivity contribution >= 4 is 43.2 Å². The molecule has 0 atom stereocenters. The standard InChI is InChI=1S/C23H23BrN2O3S/c1-23(2,3)20-14-9-16(15-21(20)24)22(27)25-17-10-12-19(13-11-17)30(28,29)26-18-7-5-4-6-8-18/h4-15,26H,1-3H3,(H,25,27). The van der Waals surface area contributed by atoms with Crippen LogP contribution in [-0.2, 0) is 15.4 Å². The minimum atomic E-state index is -3.70. The van der Waals surface area contributed by atoms with Gasteiger partial charge in [-0.05, 0) is 59.5 Å². The molecule has 0 radical (unpaired) electrons. The summed E-state index contributed by atoms with van der Waals surface area (Å²) in [4.78, 5) is 12.7. The van der Waals surface area contributed by atoms with Crippen molar-refractivity contribution in [1.29, 1.82) is 0 Å². The number of carbonyl (C=O) groups excluding carboxylic acids is 1. The van der Waals surface area contributed by atoms with E-state index in [2.05, 4.69) is 46.7 Å². The van der Waals surface area contributed by atoms with E-state index in [1.165, 1.54) is 12.1 Å². The number of hydrogen-bond donors (Lipinski definition) is 2. The Morgan fingerprint density at radius 2 is 1.50 bits per heavy atom. The van der Waals surface area contributed by atoms with Crippen LogP contribution in [0.25, 0.3) is 0 Å². The van der Waals surface area contributed by atoms with Crippen LogP contribution in [0.1, 0.15) is 36.7 Å². The SMILES string of the molecule is CC(C)(C)c1ccc(C(=O)Nc2ccc(S(=O)(=O)Nc3ccccc3)cc2)cc1Br. The molecule has 3 rings (SSSR count). The quantitative estimate of drug-likeness (QED) is 0.478. The van der Waals surface area contributed by atoms with Crippen molar-refractivity contribution in [2.75, 3.05) is 10.0 Å². The number of nitrogens with one attached hydrogen (secondary N) is 2. The van der Waals surface area contributed by atoms with Gasteiger partial charge >= 0.3 is 0 Å². The van der Waals surface area contributed by atoms with Crippen LogP contribution in [0, 0.1) is 0 Å². The first-order valence-electron chi connectivity index (χ1n) is 9.35. The van der Waals surface area contributed by atoms with E-state index in [0.717, 1.165) is 10.0 Å². The summed E-state index contributed by atoms with van der Waals surface area (Å²) in [5.74, 6) is -0.269. The lowest BCUT2D eigenvalue weighted by atomic mass is 9.86. The molecule has 3 aromatic carbocycles. The number of halogens is 1. The van der Waals surface area contributed by atoms with Gasteiger partial charge in [0.1, 0.15) is 0 Å². The molecular weight excluding hydrogens is 464 g/mol. The third-order valence-electron chi connectivity index (χ3n) is 4.49. The van der Waals surface area contributed by atoms with Crippen molar-refractivity contribution in [1.82, 2.24) is 0 Å². The van der Waals surface area contributed by atoms with Gasteiger partial charge in [0.15, 0.2) is 0 Å². The van der Waals surface area contributed by atoms with E-state index in [1.807, 2.05) is 12.1 Å². The van der Waals surface area contributed by atoms with Crippen molar-refractivity contribution in [3.05, 3.63) is 88.4 Å². The zero-order chi connectivity index (χ0) is 21.9. The van der Waals surface area contributed by atoms with Crippen molar-refractivity contribution in [3.63, 3.8) is 0 Å². The zero-order valence-corrected chi connectivity index (χ0v) is 19.3. The zero-order valence-electron chi connectivity index (χ0n) is 16.9. The molecule has 2 N–H and O–H groups in total. The molecule has 7 heteroatoms. The second kappa shape index (κ2) is 8.62. The van der Waals surface area contributed by atoms with Crippen molar-refractivity contribution in [2.24, 2.45) is 0 Å². The number of carbonyl (C=O) groups is 1. The van der Waals surface area contributed by atoms with E-state index >= 15 is 0 Å². The minimum absolute atomic E-state index is 0.0387. The summed E-state index contributed by atoms with van der Waals surface area (Å²) in [5, 5.41) is 2.80. The number of benzene rings is 3. The van der Waals surface area contributed by atoms with E-state index < -0.39 is 10.0 Å². The number of hydrogen-bond acceptors (Lipinski definition) is 3. The number of para-hydroxylation sites is 1. The molecule has 0 saturated heterocycles. The molecule has 5 nitrogen and oxygen atoms in total. The van der Waals surface area contributed by atoms with Crippen LogP contribution < -0.4 is 10.0 Å². The Morgan fingerprint density at radius 3 is 2.07 bits per heavy atom. The van der Waals surface area contributed by atoms with Crippen LogP contribution in [-0.4, -0.2) is 14.3 Å². The third-order valence-corrected chi connectivity index (χ3v) is 6.54. The highest BCUT2D eigenvalue weighted by Gasteiger charge is 2.19. The monoisotopic (exact) mass is 486 g/mol. The average molecular weight is 487 g/mol. The van der Waals surface area contributed by atoms with Gasteiger partial charge in [-0.25, -0.2) is 8.42 Å². The van der Waals surface area contributed by atoms with Crippen LogP contribution in [0.2, 0.25) is 0 Å². The maximum Gasteiger partial charge on any atom is 0.261 e. The third kappa shape index (κ3) is 5.29. The molecule has 156 valence electrons. The van der Waals surface area contributed by atoms with Crippen molar-refractivity contribution < 1.29 is 13.2 Å². The molecule has 0 aliphatic carbocycles. The summed E-state index contributed by atoms with van der Waals surface area (Å²) in [6.07, 6.45) is 0. The van der Waals surface area contributed by atoms with E-state index in [-0.39, 0.29) is 16.2 Å². The number of sulfonamides is 1. The molecule has 0 aromatic heterocycles. The van der Waals surface area contributed by atoms with E-state index in [1.54, 1.807) is 48.5 Å². The van der Waals surface area contributed by atoms with Gasteiger partial charge in [-0.1, -0.05) is 61.0 Å². The summed E-state index contributed by atoms with van der Waals surface area (Å²) >= 11 is 3.54. The highest BCUT2D eigenvalue weighted by molar-refractivity contribution is 9.10. The Labute approximate surface area is 185 Å². The molecule has 1 amide bonds. The predicted molar refractivity (Wildman–Crippen MR) is 124 cm³/mol. The topological polar surface area (TPSA) is 75.3 Å². The van der Waals surface area contributed by atoms with Gasteiger partial charge in [-0.2, -0.15) is 0 Å². The molecule has 0 bridgehead atoms. The van der Waals surface area contributed by atoms with Gasteiger partial charge < -0.3 is 5.32 Å². The molecule has 0 aliphatic heterocycles. The largest absolute Gasteiger partial charge is 0.322 e. The first-order chi connectivity index (χ1) is 14.1. The van der Waals surface area contributed by atoms with Gasteiger partial charge in [-0.3, -0.25) is 9.52 Å². The molecule has 0 saturated carbocycles. The van der Waals surface area contributed by atoms with Crippen LogP contribution in [0.5, 0.6) is 0 Å². The first-order valence-corrected chi connectivity index (χ1v) is 11.6. The fourth-order valence-corrected chi connectivity index (χ4v) is 4.94. The Balaban J connectivity index is 1.73. The van der Waals surface area contributed by atoms with Crippen molar-refractivity contribution in [2.45, 2.75) is 31.1 Å². The molecule has 0 unspecified atom stereocenters. The normalized spacial score (nSPS) is 11.7. The van der Waals surface area contributed by atoms with Crippen LogP contribution in [0.15, 0.2) is 82.2 Å². The lowest BCUT2D eigenvalue weighted by Crippen LogP contribution is -2.16. The van der Waals surface area contributed by atoms with Crippen LogP contribution >= 0.6 is 15.9 Å². The first kappa shape index (κ1) is 22.1. The second-order valence-electron chi connectivity index (χ2n) is 7.89. The van der Waals surface area contributed by atoms with Gasteiger partial charge in [0.25, 0.3) is 15.9 Å². The number of rotatable bonds is 5. The molecule has 30 heavy (non-hydrogen) atoms. The molecular formula is C23H23BrN2O3S. The van der Waals surface area contributed by atoms with Gasteiger partial charge in [-0.15, -0.1) is 0 Å². The van der Waals surface area contributed by atoms with E-state index in [0.29, 0.717) is 16.9 Å². The van der Waals surface area contributed by atoms with Crippen LogP contribution in [0.3, 0.4) is 0 Å². The van der Waals surface area contributed by atoms with E-state index in [9.17, 15) is 13.2 Å². The average Bonchev–Trinajstić information content (AvgIpc) is 2.67. The Kier molecular flexibility index (Phi) is 6.33. The summed E-state index contributed by atoms with van der Waals surface area (Å²) in [6, 6.07) is 20.2. The second-order valence-corrected chi connectivity index (χ2v) is 10.4. The van der Waals surface area contributed by atoms with Gasteiger partial charge in [0.2, 0.25) is 0 Å². The summed E-state index contributed by atoms with van der Waals surface area (Å²) in [6.45, 7) is 6.32. The van der Waals surface area contributed by atoms with Gasteiger partial charge in [0.05, 0.1) is 4.90 Å².